The van der Waals surface area contributed by atoms with Crippen LogP contribution in [0.15, 0.2) is 60.7 Å². The Morgan fingerprint density at radius 3 is 2.38 bits per heavy atom. The molecule has 1 saturated heterocycles. The molecule has 3 rings (SSSR count). The largest absolute Gasteiger partial charge is 0.467 e. The summed E-state index contributed by atoms with van der Waals surface area (Å²) >= 11 is 0. The number of rotatable bonds is 8. The smallest absolute Gasteiger partial charge is 0.337 e. The lowest BCUT2D eigenvalue weighted by molar-refractivity contribution is -0.154. The number of carbonyl (C=O) groups is 1. The van der Waals surface area contributed by atoms with Gasteiger partial charge >= 0.3 is 5.97 Å². The maximum absolute atomic E-state index is 12.0. The zero-order valence-electron chi connectivity index (χ0n) is 14.9. The van der Waals surface area contributed by atoms with E-state index >= 15 is 0 Å². The number of hydrogen-bond donors (Lipinski definition) is 0. The third-order valence-corrected chi connectivity index (χ3v) is 4.30. The molecule has 5 heteroatoms. The van der Waals surface area contributed by atoms with Gasteiger partial charge in [0.2, 0.25) is 0 Å². The van der Waals surface area contributed by atoms with E-state index in [9.17, 15) is 4.79 Å². The number of ether oxygens (including phenoxy) is 4. The van der Waals surface area contributed by atoms with Crippen molar-refractivity contribution in [2.24, 2.45) is 0 Å². The molecule has 0 radical (unpaired) electrons. The highest BCUT2D eigenvalue weighted by Gasteiger charge is 2.41. The summed E-state index contributed by atoms with van der Waals surface area (Å²) in [6, 6.07) is 19.6. The quantitative estimate of drug-likeness (QED) is 0.534. The van der Waals surface area contributed by atoms with Crippen LogP contribution in [0.25, 0.3) is 0 Å². The van der Waals surface area contributed by atoms with E-state index in [-0.39, 0.29) is 6.10 Å². The zero-order valence-corrected chi connectivity index (χ0v) is 14.9. The molecule has 0 aromatic heterocycles. The molecule has 2 aromatic rings. The highest BCUT2D eigenvalue weighted by Crippen LogP contribution is 2.33. The SMILES string of the molecule is COC(=O)[C@@H]1OC(c2ccccc2)O[C@H]1CCCOCc1ccccc1. The summed E-state index contributed by atoms with van der Waals surface area (Å²) in [6.07, 6.45) is -0.156. The molecule has 0 amide bonds. The van der Waals surface area contributed by atoms with Crippen molar-refractivity contribution in [3.63, 3.8) is 0 Å². The summed E-state index contributed by atoms with van der Waals surface area (Å²) < 4.78 is 22.3. The fraction of sp³-hybridized carbons (Fsp3) is 0.381. The average Bonchev–Trinajstić information content (AvgIpc) is 3.13. The molecule has 0 saturated carbocycles. The predicted octanol–water partition coefficient (Wildman–Crippen LogP) is 3.64. The molecule has 1 heterocycles. The fourth-order valence-electron chi connectivity index (χ4n) is 2.94. The van der Waals surface area contributed by atoms with Crippen LogP contribution in [0.2, 0.25) is 0 Å². The lowest BCUT2D eigenvalue weighted by atomic mass is 10.1. The van der Waals surface area contributed by atoms with Gasteiger partial charge in [0.1, 0.15) is 0 Å². The number of carbonyl (C=O) groups excluding carboxylic acids is 1. The third-order valence-electron chi connectivity index (χ3n) is 4.30. The Hall–Kier alpha value is -2.21. The standard InChI is InChI=1S/C21H24O5/c1-23-20(22)19-18(25-21(26-19)17-11-6-3-7-12-17)13-8-14-24-15-16-9-4-2-5-10-16/h2-7,9-12,18-19,21H,8,13-15H2,1H3/t18-,19+,21?/m0/s1. The highest BCUT2D eigenvalue weighted by atomic mass is 16.7. The van der Waals surface area contributed by atoms with Crippen LogP contribution in [0.3, 0.4) is 0 Å². The van der Waals surface area contributed by atoms with E-state index in [1.54, 1.807) is 0 Å². The van der Waals surface area contributed by atoms with Crippen LogP contribution in [0.5, 0.6) is 0 Å². The van der Waals surface area contributed by atoms with Crippen molar-refractivity contribution >= 4 is 5.97 Å². The van der Waals surface area contributed by atoms with Crippen molar-refractivity contribution < 1.29 is 23.7 Å². The van der Waals surface area contributed by atoms with E-state index < -0.39 is 18.4 Å². The van der Waals surface area contributed by atoms with Crippen molar-refractivity contribution in [2.75, 3.05) is 13.7 Å². The van der Waals surface area contributed by atoms with E-state index in [2.05, 4.69) is 0 Å². The number of esters is 1. The second-order valence-corrected chi connectivity index (χ2v) is 6.18. The van der Waals surface area contributed by atoms with Crippen LogP contribution in [0, 0.1) is 0 Å². The van der Waals surface area contributed by atoms with E-state index in [4.69, 9.17) is 18.9 Å². The van der Waals surface area contributed by atoms with Gasteiger partial charge in [-0.1, -0.05) is 60.7 Å². The third kappa shape index (κ3) is 4.91. The number of benzene rings is 2. The second kappa shape index (κ2) is 9.48. The molecular formula is C21H24O5. The van der Waals surface area contributed by atoms with Gasteiger partial charge in [0.05, 0.1) is 19.8 Å². The van der Waals surface area contributed by atoms with Gasteiger partial charge in [0.25, 0.3) is 0 Å². The van der Waals surface area contributed by atoms with Crippen LogP contribution in [0.4, 0.5) is 0 Å². The van der Waals surface area contributed by atoms with E-state index in [0.717, 1.165) is 17.5 Å². The monoisotopic (exact) mass is 356 g/mol. The number of hydrogen-bond acceptors (Lipinski definition) is 5. The van der Waals surface area contributed by atoms with Crippen molar-refractivity contribution in [1.82, 2.24) is 0 Å². The Morgan fingerprint density at radius 2 is 1.69 bits per heavy atom. The maximum Gasteiger partial charge on any atom is 0.337 e. The van der Waals surface area contributed by atoms with E-state index in [0.29, 0.717) is 19.6 Å². The van der Waals surface area contributed by atoms with Gasteiger partial charge in [-0.15, -0.1) is 0 Å². The molecule has 1 aliphatic rings. The van der Waals surface area contributed by atoms with Crippen molar-refractivity contribution in [3.8, 4) is 0 Å². The summed E-state index contributed by atoms with van der Waals surface area (Å²) in [7, 11) is 1.36. The molecule has 0 N–H and O–H groups in total. The first-order chi connectivity index (χ1) is 12.8. The Kier molecular flexibility index (Phi) is 6.77. The molecule has 138 valence electrons. The van der Waals surface area contributed by atoms with Crippen molar-refractivity contribution in [1.29, 1.82) is 0 Å². The lowest BCUT2D eigenvalue weighted by Crippen LogP contribution is -2.32. The Balaban J connectivity index is 1.49. The molecule has 2 aromatic carbocycles. The predicted molar refractivity (Wildman–Crippen MR) is 96.3 cm³/mol. The van der Waals surface area contributed by atoms with Crippen molar-refractivity contribution in [3.05, 3.63) is 71.8 Å². The summed E-state index contributed by atoms with van der Waals surface area (Å²) in [5, 5.41) is 0. The first-order valence-corrected chi connectivity index (χ1v) is 8.83. The normalized spacial score (nSPS) is 22.3. The first kappa shape index (κ1) is 18.6. The van der Waals surface area contributed by atoms with E-state index in [1.807, 2.05) is 60.7 Å². The van der Waals surface area contributed by atoms with Gasteiger partial charge in [-0.05, 0) is 18.4 Å². The summed E-state index contributed by atoms with van der Waals surface area (Å²) in [4.78, 5) is 12.0. The highest BCUT2D eigenvalue weighted by molar-refractivity contribution is 5.75. The van der Waals surface area contributed by atoms with Gasteiger partial charge in [-0.2, -0.15) is 0 Å². The van der Waals surface area contributed by atoms with Gasteiger partial charge in [0.15, 0.2) is 12.4 Å². The van der Waals surface area contributed by atoms with Gasteiger partial charge < -0.3 is 18.9 Å². The van der Waals surface area contributed by atoms with Crippen LogP contribution in [-0.4, -0.2) is 31.9 Å². The minimum atomic E-state index is -0.709. The van der Waals surface area contributed by atoms with Gasteiger partial charge in [-0.3, -0.25) is 0 Å². The molecule has 0 spiro atoms. The van der Waals surface area contributed by atoms with Gasteiger partial charge in [-0.25, -0.2) is 4.79 Å². The molecule has 3 atom stereocenters. The first-order valence-electron chi connectivity index (χ1n) is 8.83. The molecule has 0 bridgehead atoms. The fourth-order valence-corrected chi connectivity index (χ4v) is 2.94. The molecule has 1 fully saturated rings. The Morgan fingerprint density at radius 1 is 1.00 bits per heavy atom. The molecular weight excluding hydrogens is 332 g/mol. The summed E-state index contributed by atoms with van der Waals surface area (Å²) in [5.41, 5.74) is 2.04. The minimum absolute atomic E-state index is 0.340. The lowest BCUT2D eigenvalue weighted by Gasteiger charge is -2.14. The van der Waals surface area contributed by atoms with Crippen molar-refractivity contribution in [2.45, 2.75) is 37.9 Å². The number of methoxy groups -OCH3 is 1. The second-order valence-electron chi connectivity index (χ2n) is 6.18. The molecule has 5 nitrogen and oxygen atoms in total. The summed E-state index contributed by atoms with van der Waals surface area (Å²) in [5.74, 6) is -0.404. The molecule has 0 aliphatic carbocycles. The van der Waals surface area contributed by atoms with Crippen LogP contribution in [-0.2, 0) is 30.3 Å². The van der Waals surface area contributed by atoms with Crippen LogP contribution >= 0.6 is 0 Å². The molecule has 26 heavy (non-hydrogen) atoms. The molecule has 1 aliphatic heterocycles. The van der Waals surface area contributed by atoms with Gasteiger partial charge in [0, 0.05) is 12.2 Å². The van der Waals surface area contributed by atoms with Crippen LogP contribution < -0.4 is 0 Å². The van der Waals surface area contributed by atoms with Crippen LogP contribution in [0.1, 0.15) is 30.3 Å². The average molecular weight is 356 g/mol. The Bertz CT molecular complexity index is 673. The summed E-state index contributed by atoms with van der Waals surface area (Å²) in [6.45, 7) is 1.18. The minimum Gasteiger partial charge on any atom is -0.467 e. The topological polar surface area (TPSA) is 54.0 Å². The molecule has 1 unspecified atom stereocenters. The zero-order chi connectivity index (χ0) is 18.2. The Labute approximate surface area is 153 Å². The van der Waals surface area contributed by atoms with E-state index in [1.165, 1.54) is 7.11 Å². The maximum atomic E-state index is 12.0.